The van der Waals surface area contributed by atoms with Gasteiger partial charge in [0.1, 0.15) is 0 Å². The van der Waals surface area contributed by atoms with E-state index in [0.717, 1.165) is 4.90 Å². The first kappa shape index (κ1) is 12.2. The summed E-state index contributed by atoms with van der Waals surface area (Å²) in [4.78, 5) is 5.27. The summed E-state index contributed by atoms with van der Waals surface area (Å²) in [6.07, 6.45) is 3.65. The third-order valence-electron chi connectivity index (χ3n) is 2.87. The van der Waals surface area contributed by atoms with Gasteiger partial charge in [-0.05, 0) is 48.2 Å². The summed E-state index contributed by atoms with van der Waals surface area (Å²) >= 11 is 3.49. The van der Waals surface area contributed by atoms with Gasteiger partial charge >= 0.3 is 0 Å². The zero-order valence-corrected chi connectivity index (χ0v) is 11.9. The Morgan fingerprint density at radius 1 is 1.32 bits per heavy atom. The van der Waals surface area contributed by atoms with Crippen LogP contribution in [-0.4, -0.2) is 4.98 Å². The molecule has 0 saturated carbocycles. The maximum Gasteiger partial charge on any atom is 0.0991 e. The number of rotatable bonds is 2. The molecule has 4 heteroatoms. The molecule has 2 aromatic heterocycles. The average molecular weight is 282 g/mol. The van der Waals surface area contributed by atoms with Crippen molar-refractivity contribution in [2.45, 2.75) is 16.0 Å². The van der Waals surface area contributed by atoms with E-state index in [1.807, 2.05) is 30.5 Å². The van der Waals surface area contributed by atoms with Crippen LogP contribution < -0.4 is 0 Å². The van der Waals surface area contributed by atoms with Gasteiger partial charge in [-0.15, -0.1) is 11.3 Å². The Morgan fingerprint density at radius 3 is 2.95 bits per heavy atom. The van der Waals surface area contributed by atoms with Gasteiger partial charge in [-0.1, -0.05) is 11.8 Å². The molecule has 0 atom stereocenters. The van der Waals surface area contributed by atoms with E-state index in [1.165, 1.54) is 19.9 Å². The van der Waals surface area contributed by atoms with E-state index in [2.05, 4.69) is 24.0 Å². The first-order chi connectivity index (χ1) is 9.28. The van der Waals surface area contributed by atoms with Crippen molar-refractivity contribution in [3.05, 3.63) is 53.9 Å². The van der Waals surface area contributed by atoms with Crippen molar-refractivity contribution >= 4 is 33.2 Å². The van der Waals surface area contributed by atoms with Crippen LogP contribution in [0.2, 0.25) is 0 Å². The lowest BCUT2D eigenvalue weighted by molar-refractivity contribution is 1.24. The monoisotopic (exact) mass is 282 g/mol. The summed E-state index contributed by atoms with van der Waals surface area (Å²) in [6, 6.07) is 12.1. The number of thiophene rings is 1. The third-order valence-corrected chi connectivity index (χ3v) is 5.40. The summed E-state index contributed by atoms with van der Waals surface area (Å²) in [5.74, 6) is 0. The standard InChI is InChI=1S/C15H10N2S2/c1-10-13-7-11(8-16)4-5-14(13)19-15(10)18-12-3-2-6-17-9-12/h2-7,9H,1H3. The van der Waals surface area contributed by atoms with Gasteiger partial charge in [-0.2, -0.15) is 5.26 Å². The fraction of sp³-hybridized carbons (Fsp3) is 0.0667. The number of fused-ring (bicyclic) bond motifs is 1. The molecule has 0 spiro atoms. The summed E-state index contributed by atoms with van der Waals surface area (Å²) in [6.45, 7) is 2.11. The average Bonchev–Trinajstić information content (AvgIpc) is 2.76. The Labute approximate surface area is 119 Å². The topological polar surface area (TPSA) is 36.7 Å². The van der Waals surface area contributed by atoms with Crippen LogP contribution >= 0.6 is 23.1 Å². The normalized spacial score (nSPS) is 10.5. The molecule has 3 aromatic rings. The summed E-state index contributed by atoms with van der Waals surface area (Å²) in [5, 5.41) is 10.1. The van der Waals surface area contributed by atoms with Crippen LogP contribution in [0.4, 0.5) is 0 Å². The van der Waals surface area contributed by atoms with Gasteiger partial charge in [0, 0.05) is 22.0 Å². The minimum absolute atomic E-state index is 0.714. The lowest BCUT2D eigenvalue weighted by atomic mass is 10.1. The fourth-order valence-electron chi connectivity index (χ4n) is 1.88. The van der Waals surface area contributed by atoms with E-state index in [9.17, 15) is 0 Å². The number of aromatic nitrogens is 1. The van der Waals surface area contributed by atoms with Gasteiger partial charge < -0.3 is 0 Å². The highest BCUT2D eigenvalue weighted by molar-refractivity contribution is 8.01. The van der Waals surface area contributed by atoms with Crippen molar-refractivity contribution in [1.82, 2.24) is 4.98 Å². The Kier molecular flexibility index (Phi) is 3.24. The van der Waals surface area contributed by atoms with Crippen LogP contribution in [0.5, 0.6) is 0 Å². The second-order valence-corrected chi connectivity index (χ2v) is 6.52. The first-order valence-corrected chi connectivity index (χ1v) is 7.42. The van der Waals surface area contributed by atoms with Crippen molar-refractivity contribution in [1.29, 1.82) is 5.26 Å². The lowest BCUT2D eigenvalue weighted by Crippen LogP contribution is -1.76. The van der Waals surface area contributed by atoms with E-state index in [0.29, 0.717) is 5.56 Å². The fourth-order valence-corrected chi connectivity index (χ4v) is 4.26. The van der Waals surface area contributed by atoms with Crippen molar-refractivity contribution in [3.8, 4) is 6.07 Å². The third kappa shape index (κ3) is 2.35. The van der Waals surface area contributed by atoms with Crippen LogP contribution in [-0.2, 0) is 0 Å². The predicted octanol–water partition coefficient (Wildman–Crippen LogP) is 4.63. The number of nitrogens with zero attached hydrogens (tertiary/aromatic N) is 2. The van der Waals surface area contributed by atoms with Crippen LogP contribution in [0.25, 0.3) is 10.1 Å². The summed E-state index contributed by atoms with van der Waals surface area (Å²) in [5.41, 5.74) is 1.96. The second-order valence-electron chi connectivity index (χ2n) is 4.13. The van der Waals surface area contributed by atoms with Crippen LogP contribution in [0.15, 0.2) is 51.8 Å². The van der Waals surface area contributed by atoms with E-state index >= 15 is 0 Å². The van der Waals surface area contributed by atoms with Gasteiger partial charge in [0.2, 0.25) is 0 Å². The molecule has 2 nitrogen and oxygen atoms in total. The molecule has 0 amide bonds. The maximum absolute atomic E-state index is 8.97. The van der Waals surface area contributed by atoms with E-state index in [4.69, 9.17) is 5.26 Å². The smallest absolute Gasteiger partial charge is 0.0991 e. The molecule has 0 N–H and O–H groups in total. The summed E-state index contributed by atoms with van der Waals surface area (Å²) < 4.78 is 2.49. The Hall–Kier alpha value is -1.83. The van der Waals surface area contributed by atoms with Gasteiger partial charge in [0.05, 0.1) is 15.8 Å². The highest BCUT2D eigenvalue weighted by atomic mass is 32.2. The van der Waals surface area contributed by atoms with Gasteiger partial charge in [-0.3, -0.25) is 4.98 Å². The number of benzene rings is 1. The van der Waals surface area contributed by atoms with Crippen LogP contribution in [0.1, 0.15) is 11.1 Å². The molecule has 1 aromatic carbocycles. The number of hydrogen-bond donors (Lipinski definition) is 0. The molecule has 0 radical (unpaired) electrons. The molecule has 0 aliphatic carbocycles. The molecule has 0 aliphatic rings. The quantitative estimate of drug-likeness (QED) is 0.687. The molecular formula is C15H10N2S2. The molecule has 92 valence electrons. The predicted molar refractivity (Wildman–Crippen MR) is 79.6 cm³/mol. The van der Waals surface area contributed by atoms with E-state index in [1.54, 1.807) is 29.3 Å². The largest absolute Gasteiger partial charge is 0.264 e. The maximum atomic E-state index is 8.97. The molecule has 0 aliphatic heterocycles. The highest BCUT2D eigenvalue weighted by Crippen LogP contribution is 2.40. The molecule has 2 heterocycles. The molecule has 19 heavy (non-hydrogen) atoms. The number of hydrogen-bond acceptors (Lipinski definition) is 4. The van der Waals surface area contributed by atoms with Crippen molar-refractivity contribution < 1.29 is 0 Å². The lowest BCUT2D eigenvalue weighted by Gasteiger charge is -1.98. The van der Waals surface area contributed by atoms with Gasteiger partial charge in [0.15, 0.2) is 0 Å². The van der Waals surface area contributed by atoms with Gasteiger partial charge in [0.25, 0.3) is 0 Å². The van der Waals surface area contributed by atoms with E-state index < -0.39 is 0 Å². The molecule has 0 saturated heterocycles. The number of aryl methyl sites for hydroxylation is 1. The van der Waals surface area contributed by atoms with E-state index in [-0.39, 0.29) is 0 Å². The number of nitriles is 1. The SMILES string of the molecule is Cc1c(Sc2cccnc2)sc2ccc(C#N)cc12. The van der Waals surface area contributed by atoms with Gasteiger partial charge in [-0.25, -0.2) is 0 Å². The number of pyridine rings is 1. The molecule has 0 unspecified atom stereocenters. The van der Waals surface area contributed by atoms with Crippen molar-refractivity contribution in [2.24, 2.45) is 0 Å². The van der Waals surface area contributed by atoms with Crippen molar-refractivity contribution in [3.63, 3.8) is 0 Å². The Balaban J connectivity index is 2.06. The highest BCUT2D eigenvalue weighted by Gasteiger charge is 2.10. The zero-order valence-electron chi connectivity index (χ0n) is 10.3. The Bertz CT molecular complexity index is 770. The van der Waals surface area contributed by atoms with Crippen LogP contribution in [0, 0.1) is 18.3 Å². The minimum Gasteiger partial charge on any atom is -0.264 e. The van der Waals surface area contributed by atoms with Crippen molar-refractivity contribution in [2.75, 3.05) is 0 Å². The molecular weight excluding hydrogens is 272 g/mol. The molecule has 3 rings (SSSR count). The van der Waals surface area contributed by atoms with Crippen LogP contribution in [0.3, 0.4) is 0 Å². The second kappa shape index (κ2) is 5.04. The summed E-state index contributed by atoms with van der Waals surface area (Å²) in [7, 11) is 0. The Morgan fingerprint density at radius 2 is 2.21 bits per heavy atom. The molecule has 0 bridgehead atoms. The zero-order chi connectivity index (χ0) is 13.2. The molecule has 0 fully saturated rings. The minimum atomic E-state index is 0.714. The first-order valence-electron chi connectivity index (χ1n) is 5.79.